The number of nitrogens with one attached hydrogen (secondary N) is 1. The third kappa shape index (κ3) is 3.87. The lowest BCUT2D eigenvalue weighted by Crippen LogP contribution is -1.94. The molecule has 32 heavy (non-hydrogen) atoms. The summed E-state index contributed by atoms with van der Waals surface area (Å²) in [5.74, 6) is 0.946. The SMILES string of the molecule is N#Cc1c(-c2ccc(Cl)cc2)cc(-c2nc3ccccc3[nH]2)nc1/N=C/c1ccccc1. The number of rotatable bonds is 4. The molecule has 0 spiro atoms. The molecule has 0 aliphatic rings. The average Bonchev–Trinajstić information content (AvgIpc) is 3.28. The van der Waals surface area contributed by atoms with Crippen LogP contribution >= 0.6 is 11.6 Å². The zero-order chi connectivity index (χ0) is 21.9. The molecular formula is C26H16ClN5. The number of nitrogens with zero attached hydrogens (tertiary/aromatic N) is 4. The van der Waals surface area contributed by atoms with E-state index in [4.69, 9.17) is 11.6 Å². The highest BCUT2D eigenvalue weighted by Gasteiger charge is 2.17. The van der Waals surface area contributed by atoms with Crippen molar-refractivity contribution in [3.05, 3.63) is 101 Å². The monoisotopic (exact) mass is 433 g/mol. The predicted octanol–water partition coefficient (Wildman–Crippen LogP) is 6.57. The van der Waals surface area contributed by atoms with E-state index in [0.29, 0.717) is 27.9 Å². The maximum atomic E-state index is 9.97. The van der Waals surface area contributed by atoms with Crippen molar-refractivity contribution in [1.29, 1.82) is 5.26 Å². The lowest BCUT2D eigenvalue weighted by atomic mass is 10.00. The van der Waals surface area contributed by atoms with Gasteiger partial charge in [0.05, 0.1) is 11.0 Å². The number of aromatic amines is 1. The molecule has 5 nitrogen and oxygen atoms in total. The van der Waals surface area contributed by atoms with Crippen LogP contribution in [0.5, 0.6) is 0 Å². The van der Waals surface area contributed by atoms with Crippen LogP contribution in [-0.4, -0.2) is 21.2 Å². The van der Waals surface area contributed by atoms with Gasteiger partial charge in [-0.05, 0) is 41.5 Å². The molecule has 0 saturated heterocycles. The smallest absolute Gasteiger partial charge is 0.171 e. The zero-order valence-corrected chi connectivity index (χ0v) is 17.6. The zero-order valence-electron chi connectivity index (χ0n) is 16.8. The van der Waals surface area contributed by atoms with Crippen LogP contribution < -0.4 is 0 Å². The van der Waals surface area contributed by atoms with Crippen LogP contribution in [-0.2, 0) is 0 Å². The Hall–Kier alpha value is -4.27. The van der Waals surface area contributed by atoms with Crippen LogP contribution in [0.1, 0.15) is 11.1 Å². The van der Waals surface area contributed by atoms with Gasteiger partial charge in [-0.1, -0.05) is 66.2 Å². The van der Waals surface area contributed by atoms with Gasteiger partial charge in [-0.25, -0.2) is 15.0 Å². The van der Waals surface area contributed by atoms with E-state index in [0.717, 1.165) is 27.7 Å². The summed E-state index contributed by atoms with van der Waals surface area (Å²) in [6, 6.07) is 29.0. The van der Waals surface area contributed by atoms with Gasteiger partial charge in [-0.2, -0.15) is 5.26 Å². The molecule has 0 unspecified atom stereocenters. The summed E-state index contributed by atoms with van der Waals surface area (Å²) in [5.41, 5.74) is 5.23. The standard InChI is InChI=1S/C26H16ClN5/c27-19-12-10-18(11-13-19)20-14-24(26-30-22-8-4-5-9-23(22)31-26)32-25(21(20)15-28)29-16-17-6-2-1-3-7-17/h1-14,16H,(H,30,31)/b29-16+. The fraction of sp³-hybridized carbons (Fsp3) is 0. The molecule has 0 atom stereocenters. The number of fused-ring (bicyclic) bond motifs is 1. The molecule has 0 fully saturated rings. The maximum absolute atomic E-state index is 9.97. The molecule has 0 radical (unpaired) electrons. The lowest BCUT2D eigenvalue weighted by molar-refractivity contribution is 1.21. The molecule has 6 heteroatoms. The summed E-state index contributed by atoms with van der Waals surface area (Å²) >= 11 is 6.08. The third-order valence-electron chi connectivity index (χ3n) is 5.03. The molecule has 1 N–H and O–H groups in total. The van der Waals surface area contributed by atoms with Gasteiger partial charge in [0, 0.05) is 16.8 Å². The summed E-state index contributed by atoms with van der Waals surface area (Å²) in [7, 11) is 0. The molecule has 2 heterocycles. The van der Waals surface area contributed by atoms with Crippen molar-refractivity contribution in [1.82, 2.24) is 15.0 Å². The van der Waals surface area contributed by atoms with Crippen molar-refractivity contribution in [2.75, 3.05) is 0 Å². The van der Waals surface area contributed by atoms with Crippen LogP contribution in [0, 0.1) is 11.3 Å². The van der Waals surface area contributed by atoms with Crippen molar-refractivity contribution < 1.29 is 0 Å². The van der Waals surface area contributed by atoms with E-state index in [9.17, 15) is 5.26 Å². The Morgan fingerprint density at radius 1 is 0.906 bits per heavy atom. The van der Waals surface area contributed by atoms with E-state index in [-0.39, 0.29) is 0 Å². The molecule has 5 aromatic rings. The third-order valence-corrected chi connectivity index (χ3v) is 5.29. The van der Waals surface area contributed by atoms with Crippen LogP contribution in [0.4, 0.5) is 5.82 Å². The van der Waals surface area contributed by atoms with E-state index < -0.39 is 0 Å². The Bertz CT molecular complexity index is 1450. The Labute approximate surface area is 189 Å². The Morgan fingerprint density at radius 3 is 2.41 bits per heavy atom. The highest BCUT2D eigenvalue weighted by molar-refractivity contribution is 6.30. The number of aromatic nitrogens is 3. The van der Waals surface area contributed by atoms with Crippen molar-refractivity contribution in [2.24, 2.45) is 4.99 Å². The first-order valence-corrected chi connectivity index (χ1v) is 10.3. The molecule has 0 aliphatic heterocycles. The highest BCUT2D eigenvalue weighted by atomic mass is 35.5. The van der Waals surface area contributed by atoms with E-state index in [1.54, 1.807) is 18.3 Å². The van der Waals surface area contributed by atoms with Gasteiger partial charge in [0.15, 0.2) is 11.6 Å². The second-order valence-electron chi connectivity index (χ2n) is 7.14. The van der Waals surface area contributed by atoms with E-state index >= 15 is 0 Å². The summed E-state index contributed by atoms with van der Waals surface area (Å²) < 4.78 is 0. The van der Waals surface area contributed by atoms with Gasteiger partial charge >= 0.3 is 0 Å². The maximum Gasteiger partial charge on any atom is 0.171 e. The summed E-state index contributed by atoms with van der Waals surface area (Å²) in [6.07, 6.45) is 1.71. The van der Waals surface area contributed by atoms with Crippen LogP contribution in [0.15, 0.2) is 89.9 Å². The quantitative estimate of drug-likeness (QED) is 0.325. The van der Waals surface area contributed by atoms with Gasteiger partial charge in [-0.3, -0.25) is 0 Å². The van der Waals surface area contributed by atoms with E-state index in [1.807, 2.05) is 72.8 Å². The normalized spacial score (nSPS) is 11.1. The number of hydrogen-bond acceptors (Lipinski definition) is 4. The number of H-pyrrole nitrogens is 1. The first-order valence-electron chi connectivity index (χ1n) is 9.96. The minimum absolute atomic E-state index is 0.333. The second-order valence-corrected chi connectivity index (χ2v) is 7.58. The van der Waals surface area contributed by atoms with Crippen LogP contribution in [0.3, 0.4) is 0 Å². The Morgan fingerprint density at radius 2 is 1.66 bits per heavy atom. The summed E-state index contributed by atoms with van der Waals surface area (Å²) in [6.45, 7) is 0. The lowest BCUT2D eigenvalue weighted by Gasteiger charge is -2.09. The fourth-order valence-corrected chi connectivity index (χ4v) is 3.59. The first kappa shape index (κ1) is 19.7. The minimum Gasteiger partial charge on any atom is -0.337 e. The Balaban J connectivity index is 1.71. The number of aliphatic imine (C=N–C) groups is 1. The molecule has 0 amide bonds. The van der Waals surface area contributed by atoms with Crippen molar-refractivity contribution >= 4 is 34.7 Å². The number of imidazole rings is 1. The Kier molecular flexibility index (Phi) is 5.20. The van der Waals surface area contributed by atoms with Gasteiger partial charge < -0.3 is 4.98 Å². The second kappa shape index (κ2) is 8.46. The van der Waals surface area contributed by atoms with Gasteiger partial charge in [0.25, 0.3) is 0 Å². The molecule has 0 bridgehead atoms. The van der Waals surface area contributed by atoms with Gasteiger partial charge in [-0.15, -0.1) is 0 Å². The molecule has 2 aromatic heterocycles. The van der Waals surface area contributed by atoms with Crippen molar-refractivity contribution in [2.45, 2.75) is 0 Å². The van der Waals surface area contributed by atoms with Crippen LogP contribution in [0.25, 0.3) is 33.7 Å². The number of halogens is 1. The molecule has 3 aromatic carbocycles. The van der Waals surface area contributed by atoms with E-state index in [2.05, 4.69) is 26.0 Å². The minimum atomic E-state index is 0.333. The van der Waals surface area contributed by atoms with Crippen LogP contribution in [0.2, 0.25) is 5.02 Å². The number of para-hydroxylation sites is 2. The van der Waals surface area contributed by atoms with Gasteiger partial charge in [0.1, 0.15) is 17.3 Å². The van der Waals surface area contributed by atoms with E-state index in [1.165, 1.54) is 0 Å². The molecule has 0 aliphatic carbocycles. The number of hydrogen-bond donors (Lipinski definition) is 1. The average molecular weight is 434 g/mol. The molecule has 152 valence electrons. The summed E-state index contributed by atoms with van der Waals surface area (Å²) in [4.78, 5) is 17.2. The number of benzene rings is 3. The largest absolute Gasteiger partial charge is 0.337 e. The number of nitriles is 1. The van der Waals surface area contributed by atoms with Crippen molar-refractivity contribution in [3.63, 3.8) is 0 Å². The summed E-state index contributed by atoms with van der Waals surface area (Å²) in [5, 5.41) is 10.6. The topological polar surface area (TPSA) is 77.7 Å². The van der Waals surface area contributed by atoms with Crippen molar-refractivity contribution in [3.8, 4) is 28.7 Å². The first-order chi connectivity index (χ1) is 15.7. The molecule has 5 rings (SSSR count). The predicted molar refractivity (Wildman–Crippen MR) is 128 cm³/mol. The molecule has 0 saturated carbocycles. The number of pyridine rings is 1. The fourth-order valence-electron chi connectivity index (χ4n) is 3.46. The highest BCUT2D eigenvalue weighted by Crippen LogP contribution is 2.34. The van der Waals surface area contributed by atoms with Gasteiger partial charge in [0.2, 0.25) is 0 Å². The molecular weight excluding hydrogens is 418 g/mol.